The first kappa shape index (κ1) is 15.9. The molecule has 0 heterocycles. The molecule has 1 saturated carbocycles. The summed E-state index contributed by atoms with van der Waals surface area (Å²) in [5.74, 6) is 1.59. The predicted octanol–water partition coefficient (Wildman–Crippen LogP) is 5.03. The van der Waals surface area contributed by atoms with Gasteiger partial charge in [0.2, 0.25) is 0 Å². The maximum atomic E-state index is 6.46. The van der Waals surface area contributed by atoms with Gasteiger partial charge in [0.15, 0.2) is 0 Å². The van der Waals surface area contributed by atoms with Crippen LogP contribution in [0, 0.1) is 11.8 Å². The fourth-order valence-corrected chi connectivity index (χ4v) is 3.94. The Morgan fingerprint density at radius 2 is 2.00 bits per heavy atom. The van der Waals surface area contributed by atoms with Crippen LogP contribution in [0.5, 0.6) is 0 Å². The van der Waals surface area contributed by atoms with E-state index in [9.17, 15) is 0 Å². The number of hydrogen-bond acceptors (Lipinski definition) is 1. The molecule has 112 valence electrons. The molecule has 1 N–H and O–H groups in total. The van der Waals surface area contributed by atoms with E-state index in [1.54, 1.807) is 0 Å². The summed E-state index contributed by atoms with van der Waals surface area (Å²) in [6.07, 6.45) is 5.23. The first-order valence-corrected chi connectivity index (χ1v) is 8.41. The molecule has 0 unspecified atom stereocenters. The Balaban J connectivity index is 2.08. The molecule has 0 spiro atoms. The van der Waals surface area contributed by atoms with Crippen molar-refractivity contribution in [3.63, 3.8) is 0 Å². The van der Waals surface area contributed by atoms with Gasteiger partial charge in [-0.05, 0) is 42.9 Å². The van der Waals surface area contributed by atoms with Crippen LogP contribution in [0.15, 0.2) is 24.3 Å². The Kier molecular flexibility index (Phi) is 5.51. The molecule has 1 aliphatic rings. The first-order valence-electron chi connectivity index (χ1n) is 8.03. The fraction of sp³-hybridized carbons (Fsp3) is 0.667. The van der Waals surface area contributed by atoms with Crippen molar-refractivity contribution in [3.05, 3.63) is 34.9 Å². The Bertz CT molecular complexity index is 421. The maximum absolute atomic E-state index is 6.46. The van der Waals surface area contributed by atoms with Gasteiger partial charge >= 0.3 is 0 Å². The average molecular weight is 294 g/mol. The van der Waals surface area contributed by atoms with Gasteiger partial charge < -0.3 is 5.32 Å². The van der Waals surface area contributed by atoms with E-state index in [2.05, 4.69) is 38.2 Å². The Morgan fingerprint density at radius 1 is 1.30 bits per heavy atom. The van der Waals surface area contributed by atoms with E-state index in [1.165, 1.54) is 31.2 Å². The Hall–Kier alpha value is -0.530. The normalized spacial score (nSPS) is 25.8. The number of benzene rings is 1. The number of halogens is 1. The molecular formula is C18H28ClN. The van der Waals surface area contributed by atoms with E-state index in [4.69, 9.17) is 11.6 Å². The predicted molar refractivity (Wildman–Crippen MR) is 88.5 cm³/mol. The SMILES string of the molecule is CCCC1CC(CNCC(C)C)(c2ccccc2Cl)C1. The zero-order valence-electron chi connectivity index (χ0n) is 13.1. The largest absolute Gasteiger partial charge is 0.316 e. The molecule has 1 fully saturated rings. The molecule has 2 rings (SSSR count). The van der Waals surface area contributed by atoms with Crippen molar-refractivity contribution in [1.82, 2.24) is 5.32 Å². The summed E-state index contributed by atoms with van der Waals surface area (Å²) in [5, 5.41) is 4.60. The van der Waals surface area contributed by atoms with Crippen LogP contribution in [-0.4, -0.2) is 13.1 Å². The second-order valence-electron chi connectivity index (χ2n) is 6.85. The highest BCUT2D eigenvalue weighted by molar-refractivity contribution is 6.31. The van der Waals surface area contributed by atoms with Gasteiger partial charge in [-0.3, -0.25) is 0 Å². The third kappa shape index (κ3) is 3.56. The minimum Gasteiger partial charge on any atom is -0.316 e. The highest BCUT2D eigenvalue weighted by Gasteiger charge is 2.45. The topological polar surface area (TPSA) is 12.0 Å². The van der Waals surface area contributed by atoms with Gasteiger partial charge in [-0.25, -0.2) is 0 Å². The van der Waals surface area contributed by atoms with Crippen LogP contribution < -0.4 is 5.32 Å². The second kappa shape index (κ2) is 6.95. The van der Waals surface area contributed by atoms with Crippen LogP contribution in [0.25, 0.3) is 0 Å². The molecule has 1 aliphatic carbocycles. The van der Waals surface area contributed by atoms with Gasteiger partial charge in [0.05, 0.1) is 0 Å². The molecule has 1 aromatic carbocycles. The minimum atomic E-state index is 0.271. The van der Waals surface area contributed by atoms with Gasteiger partial charge in [0.25, 0.3) is 0 Å². The molecule has 0 bridgehead atoms. The van der Waals surface area contributed by atoms with Crippen LogP contribution >= 0.6 is 11.6 Å². The number of nitrogens with one attached hydrogen (secondary N) is 1. The maximum Gasteiger partial charge on any atom is 0.0444 e. The van der Waals surface area contributed by atoms with Crippen molar-refractivity contribution in [2.24, 2.45) is 11.8 Å². The van der Waals surface area contributed by atoms with Crippen molar-refractivity contribution in [2.75, 3.05) is 13.1 Å². The lowest BCUT2D eigenvalue weighted by molar-refractivity contribution is 0.128. The lowest BCUT2D eigenvalue weighted by atomic mass is 9.57. The molecule has 0 atom stereocenters. The molecule has 1 aromatic rings. The average Bonchev–Trinajstić information content (AvgIpc) is 2.36. The molecule has 0 aliphatic heterocycles. The van der Waals surface area contributed by atoms with Gasteiger partial charge in [-0.2, -0.15) is 0 Å². The molecular weight excluding hydrogens is 266 g/mol. The molecule has 20 heavy (non-hydrogen) atoms. The van der Waals surface area contributed by atoms with E-state index in [-0.39, 0.29) is 5.41 Å². The molecule has 2 heteroatoms. The summed E-state index contributed by atoms with van der Waals surface area (Å²) in [6, 6.07) is 8.41. The monoisotopic (exact) mass is 293 g/mol. The minimum absolute atomic E-state index is 0.271. The first-order chi connectivity index (χ1) is 9.57. The van der Waals surface area contributed by atoms with E-state index in [1.807, 2.05) is 12.1 Å². The molecule has 1 nitrogen and oxygen atoms in total. The lowest BCUT2D eigenvalue weighted by Gasteiger charge is -2.49. The molecule has 0 amide bonds. The van der Waals surface area contributed by atoms with Crippen molar-refractivity contribution >= 4 is 11.6 Å². The van der Waals surface area contributed by atoms with Crippen molar-refractivity contribution in [2.45, 2.75) is 51.9 Å². The molecule has 0 radical (unpaired) electrons. The summed E-state index contributed by atoms with van der Waals surface area (Å²) < 4.78 is 0. The van der Waals surface area contributed by atoms with Crippen molar-refractivity contribution < 1.29 is 0 Å². The molecule has 0 aromatic heterocycles. The van der Waals surface area contributed by atoms with Crippen molar-refractivity contribution in [1.29, 1.82) is 0 Å². The number of hydrogen-bond donors (Lipinski definition) is 1. The standard InChI is InChI=1S/C18H28ClN/c1-4-7-15-10-18(11-15,13-20-12-14(2)3)16-8-5-6-9-17(16)19/h5-6,8-9,14-15,20H,4,7,10-13H2,1-3H3. The Morgan fingerprint density at radius 3 is 2.60 bits per heavy atom. The number of rotatable bonds is 7. The smallest absolute Gasteiger partial charge is 0.0444 e. The summed E-state index contributed by atoms with van der Waals surface area (Å²) >= 11 is 6.46. The van der Waals surface area contributed by atoms with Crippen LogP contribution in [0.4, 0.5) is 0 Å². The quantitative estimate of drug-likeness (QED) is 0.743. The summed E-state index contributed by atoms with van der Waals surface area (Å²) in [4.78, 5) is 0. The highest BCUT2D eigenvalue weighted by Crippen LogP contribution is 2.50. The zero-order chi connectivity index (χ0) is 14.6. The van der Waals surface area contributed by atoms with E-state index < -0.39 is 0 Å². The van der Waals surface area contributed by atoms with Crippen molar-refractivity contribution in [3.8, 4) is 0 Å². The summed E-state index contributed by atoms with van der Waals surface area (Å²) in [5.41, 5.74) is 1.62. The fourth-order valence-electron chi connectivity index (χ4n) is 3.61. The lowest BCUT2D eigenvalue weighted by Crippen LogP contribution is -2.49. The highest BCUT2D eigenvalue weighted by atomic mass is 35.5. The van der Waals surface area contributed by atoms with E-state index in [0.717, 1.165) is 24.0 Å². The van der Waals surface area contributed by atoms with Crippen LogP contribution in [0.2, 0.25) is 5.02 Å². The summed E-state index contributed by atoms with van der Waals surface area (Å²) in [6.45, 7) is 8.96. The zero-order valence-corrected chi connectivity index (χ0v) is 13.8. The van der Waals surface area contributed by atoms with Gasteiger partial charge in [-0.1, -0.05) is 63.4 Å². The third-order valence-electron chi connectivity index (χ3n) is 4.52. The Labute approximate surface area is 129 Å². The van der Waals surface area contributed by atoms with Crippen LogP contribution in [0.1, 0.15) is 52.0 Å². The third-order valence-corrected chi connectivity index (χ3v) is 4.85. The van der Waals surface area contributed by atoms with E-state index in [0.29, 0.717) is 5.92 Å². The van der Waals surface area contributed by atoms with Gasteiger partial charge in [-0.15, -0.1) is 0 Å². The van der Waals surface area contributed by atoms with E-state index >= 15 is 0 Å². The second-order valence-corrected chi connectivity index (χ2v) is 7.26. The molecule has 0 saturated heterocycles. The summed E-state index contributed by atoms with van der Waals surface area (Å²) in [7, 11) is 0. The van der Waals surface area contributed by atoms with Gasteiger partial charge in [0.1, 0.15) is 0 Å². The van der Waals surface area contributed by atoms with Crippen LogP contribution in [-0.2, 0) is 5.41 Å². The van der Waals surface area contributed by atoms with Gasteiger partial charge in [0, 0.05) is 17.0 Å². The van der Waals surface area contributed by atoms with Crippen LogP contribution in [0.3, 0.4) is 0 Å².